The molecule has 2 aromatic carbocycles. The highest BCUT2D eigenvalue weighted by atomic mass is 16.5. The largest absolute Gasteiger partial charge is 0.419 e. The standard InChI is InChI=1S/C19H14N4O4/c1-23-14-7-11-12(8-16(24)20-13(11)9-15(14)26-19(23)25)18-21-17(22-27-18)10-5-3-2-4-6-10/h2-7,9,12H,8H2,1H3,(H,20,24). The summed E-state index contributed by atoms with van der Waals surface area (Å²) in [4.78, 5) is 28.5. The minimum Gasteiger partial charge on any atom is -0.408 e. The molecule has 1 aliphatic rings. The van der Waals surface area contributed by atoms with Gasteiger partial charge in [-0.05, 0) is 11.6 Å². The molecule has 1 aliphatic heterocycles. The van der Waals surface area contributed by atoms with E-state index in [-0.39, 0.29) is 12.3 Å². The molecule has 1 unspecified atom stereocenters. The average molecular weight is 362 g/mol. The number of nitrogens with zero attached hydrogens (tertiary/aromatic N) is 3. The Balaban J connectivity index is 1.64. The number of aromatic nitrogens is 3. The predicted molar refractivity (Wildman–Crippen MR) is 96.3 cm³/mol. The Labute approximate surface area is 152 Å². The quantitative estimate of drug-likeness (QED) is 0.588. The Morgan fingerprint density at radius 3 is 2.81 bits per heavy atom. The second kappa shape index (κ2) is 5.66. The first kappa shape index (κ1) is 15.6. The van der Waals surface area contributed by atoms with Crippen molar-refractivity contribution in [3.63, 3.8) is 0 Å². The van der Waals surface area contributed by atoms with Gasteiger partial charge >= 0.3 is 5.76 Å². The number of carbonyl (C=O) groups is 1. The van der Waals surface area contributed by atoms with E-state index < -0.39 is 11.7 Å². The van der Waals surface area contributed by atoms with Gasteiger partial charge in [-0.2, -0.15) is 4.98 Å². The molecule has 0 saturated heterocycles. The van der Waals surface area contributed by atoms with Gasteiger partial charge in [0.1, 0.15) is 0 Å². The van der Waals surface area contributed by atoms with E-state index in [1.54, 1.807) is 13.1 Å². The molecule has 0 aliphatic carbocycles. The Morgan fingerprint density at radius 2 is 2.00 bits per heavy atom. The van der Waals surface area contributed by atoms with Crippen molar-refractivity contribution in [2.24, 2.45) is 7.05 Å². The van der Waals surface area contributed by atoms with Gasteiger partial charge in [-0.15, -0.1) is 0 Å². The van der Waals surface area contributed by atoms with Gasteiger partial charge in [0.25, 0.3) is 0 Å². The molecule has 27 heavy (non-hydrogen) atoms. The summed E-state index contributed by atoms with van der Waals surface area (Å²) in [7, 11) is 1.64. The fourth-order valence-corrected chi connectivity index (χ4v) is 3.38. The van der Waals surface area contributed by atoms with Gasteiger partial charge in [-0.1, -0.05) is 35.5 Å². The summed E-state index contributed by atoms with van der Waals surface area (Å²) < 4.78 is 12.1. The van der Waals surface area contributed by atoms with Crippen LogP contribution in [0.3, 0.4) is 0 Å². The zero-order valence-electron chi connectivity index (χ0n) is 14.3. The van der Waals surface area contributed by atoms with Crippen molar-refractivity contribution in [3.05, 3.63) is 64.5 Å². The van der Waals surface area contributed by atoms with Gasteiger partial charge in [0.2, 0.25) is 17.6 Å². The Bertz CT molecular complexity index is 1240. The van der Waals surface area contributed by atoms with Crippen LogP contribution < -0.4 is 11.1 Å². The van der Waals surface area contributed by atoms with Crippen LogP contribution in [0, 0.1) is 0 Å². The Kier molecular flexibility index (Phi) is 3.27. The SMILES string of the molecule is Cn1c(=O)oc2cc3c(cc21)C(c1nc(-c2ccccc2)no1)CC(=O)N3. The zero-order valence-corrected chi connectivity index (χ0v) is 14.3. The molecule has 4 aromatic rings. The number of oxazole rings is 1. The van der Waals surface area contributed by atoms with E-state index in [2.05, 4.69) is 15.5 Å². The normalized spacial score (nSPS) is 16.3. The maximum atomic E-state index is 12.2. The Hall–Kier alpha value is -3.68. The number of rotatable bonds is 2. The number of hydrogen-bond acceptors (Lipinski definition) is 6. The third-order valence-electron chi connectivity index (χ3n) is 4.77. The van der Waals surface area contributed by atoms with Crippen LogP contribution in [-0.4, -0.2) is 20.6 Å². The molecule has 8 heteroatoms. The molecule has 1 N–H and O–H groups in total. The maximum Gasteiger partial charge on any atom is 0.419 e. The fraction of sp³-hybridized carbons (Fsp3) is 0.158. The summed E-state index contributed by atoms with van der Waals surface area (Å²) in [5.41, 5.74) is 3.28. The number of hydrogen-bond donors (Lipinski definition) is 1. The second-order valence-corrected chi connectivity index (χ2v) is 6.46. The van der Waals surface area contributed by atoms with Crippen molar-refractivity contribution < 1.29 is 13.7 Å². The van der Waals surface area contributed by atoms with Crippen LogP contribution in [0.25, 0.3) is 22.5 Å². The lowest BCUT2D eigenvalue weighted by molar-refractivity contribution is -0.116. The molecule has 5 rings (SSSR count). The number of nitrogens with one attached hydrogen (secondary N) is 1. The minimum absolute atomic E-state index is 0.162. The van der Waals surface area contributed by atoms with Gasteiger partial charge in [0.15, 0.2) is 5.58 Å². The first-order valence-electron chi connectivity index (χ1n) is 8.42. The maximum absolute atomic E-state index is 12.2. The zero-order chi connectivity index (χ0) is 18.5. The molecule has 1 amide bonds. The molecule has 2 aromatic heterocycles. The number of carbonyl (C=O) groups excluding carboxylic acids is 1. The van der Waals surface area contributed by atoms with Crippen LogP contribution in [0.15, 0.2) is 56.2 Å². The van der Waals surface area contributed by atoms with E-state index in [1.165, 1.54) is 4.57 Å². The highest BCUT2D eigenvalue weighted by Gasteiger charge is 2.32. The summed E-state index contributed by atoms with van der Waals surface area (Å²) >= 11 is 0. The van der Waals surface area contributed by atoms with E-state index in [4.69, 9.17) is 8.94 Å². The number of amides is 1. The number of benzene rings is 2. The summed E-state index contributed by atoms with van der Waals surface area (Å²) in [5, 5.41) is 6.87. The molecule has 0 bridgehead atoms. The highest BCUT2D eigenvalue weighted by Crippen LogP contribution is 2.39. The van der Waals surface area contributed by atoms with E-state index in [9.17, 15) is 9.59 Å². The third kappa shape index (κ3) is 2.45. The van der Waals surface area contributed by atoms with E-state index >= 15 is 0 Å². The summed E-state index contributed by atoms with van der Waals surface area (Å²) in [5.74, 6) is -0.190. The molecule has 0 spiro atoms. The number of fused-ring (bicyclic) bond motifs is 2. The smallest absolute Gasteiger partial charge is 0.408 e. The first-order chi connectivity index (χ1) is 13.1. The van der Waals surface area contributed by atoms with E-state index in [1.807, 2.05) is 36.4 Å². The van der Waals surface area contributed by atoms with Crippen LogP contribution in [0.1, 0.15) is 23.8 Å². The summed E-state index contributed by atoms with van der Waals surface area (Å²) in [6.45, 7) is 0. The molecule has 3 heterocycles. The molecular formula is C19H14N4O4. The van der Waals surface area contributed by atoms with Crippen molar-refractivity contribution in [3.8, 4) is 11.4 Å². The lowest BCUT2D eigenvalue weighted by Crippen LogP contribution is -2.23. The van der Waals surface area contributed by atoms with Crippen molar-refractivity contribution >= 4 is 22.7 Å². The van der Waals surface area contributed by atoms with Gasteiger partial charge in [-0.3, -0.25) is 9.36 Å². The van der Waals surface area contributed by atoms with E-state index in [0.717, 1.165) is 11.1 Å². The van der Waals surface area contributed by atoms with Crippen molar-refractivity contribution in [2.75, 3.05) is 5.32 Å². The molecule has 0 radical (unpaired) electrons. The number of aryl methyl sites for hydroxylation is 1. The lowest BCUT2D eigenvalue weighted by atomic mass is 9.90. The van der Waals surface area contributed by atoms with Crippen LogP contribution in [-0.2, 0) is 11.8 Å². The number of anilines is 1. The summed E-state index contributed by atoms with van der Waals surface area (Å²) in [6, 6.07) is 13.0. The molecular weight excluding hydrogens is 348 g/mol. The van der Waals surface area contributed by atoms with Crippen molar-refractivity contribution in [1.29, 1.82) is 0 Å². The van der Waals surface area contributed by atoms with Crippen LogP contribution in [0.4, 0.5) is 5.69 Å². The average Bonchev–Trinajstić information content (AvgIpc) is 3.26. The van der Waals surface area contributed by atoms with Crippen LogP contribution >= 0.6 is 0 Å². The van der Waals surface area contributed by atoms with Gasteiger partial charge < -0.3 is 14.3 Å². The van der Waals surface area contributed by atoms with Crippen molar-refractivity contribution in [1.82, 2.24) is 14.7 Å². The molecule has 0 saturated carbocycles. The van der Waals surface area contributed by atoms with Crippen molar-refractivity contribution in [2.45, 2.75) is 12.3 Å². The topological polar surface area (TPSA) is 103 Å². The third-order valence-corrected chi connectivity index (χ3v) is 4.77. The fourth-order valence-electron chi connectivity index (χ4n) is 3.38. The molecule has 8 nitrogen and oxygen atoms in total. The molecule has 1 atom stereocenters. The molecule has 0 fully saturated rings. The lowest BCUT2D eigenvalue weighted by Gasteiger charge is -2.22. The summed E-state index contributed by atoms with van der Waals surface area (Å²) in [6.07, 6.45) is 0.181. The predicted octanol–water partition coefficient (Wildman–Crippen LogP) is 2.66. The van der Waals surface area contributed by atoms with Gasteiger partial charge in [0, 0.05) is 30.8 Å². The van der Waals surface area contributed by atoms with Crippen LogP contribution in [0.5, 0.6) is 0 Å². The molecule has 134 valence electrons. The second-order valence-electron chi connectivity index (χ2n) is 6.46. The van der Waals surface area contributed by atoms with Crippen LogP contribution in [0.2, 0.25) is 0 Å². The van der Waals surface area contributed by atoms with E-state index in [0.29, 0.717) is 28.5 Å². The first-order valence-corrected chi connectivity index (χ1v) is 8.42. The highest BCUT2D eigenvalue weighted by molar-refractivity contribution is 5.97. The van der Waals surface area contributed by atoms with Gasteiger partial charge in [-0.25, -0.2) is 4.79 Å². The monoisotopic (exact) mass is 362 g/mol. The minimum atomic E-state index is -0.459. The Morgan fingerprint density at radius 1 is 1.19 bits per heavy atom. The van der Waals surface area contributed by atoms with Gasteiger partial charge in [0.05, 0.1) is 11.4 Å².